The number of amides is 1. The van der Waals surface area contributed by atoms with Crippen LogP contribution >= 0.6 is 12.4 Å². The monoisotopic (exact) mass is 494 g/mol. The smallest absolute Gasteiger partial charge is 0.265 e. The zero-order valence-electron chi connectivity index (χ0n) is 18.2. The molecular weight excluding hydrogens is 468 g/mol. The van der Waals surface area contributed by atoms with Crippen molar-refractivity contribution < 1.29 is 27.9 Å². The van der Waals surface area contributed by atoms with Crippen molar-refractivity contribution in [1.82, 2.24) is 10.4 Å². The molecule has 2 N–H and O–H groups in total. The summed E-state index contributed by atoms with van der Waals surface area (Å²) in [7, 11) is -4.10. The normalized spacial score (nSPS) is 15.5. The number of nitrogens with zero attached hydrogens (tertiary/aromatic N) is 1. The van der Waals surface area contributed by atoms with E-state index in [1.165, 1.54) is 24.3 Å². The minimum absolute atomic E-state index is 0. The molecule has 0 aliphatic carbocycles. The summed E-state index contributed by atoms with van der Waals surface area (Å²) in [6.45, 7) is 3.49. The van der Waals surface area contributed by atoms with E-state index in [9.17, 15) is 18.4 Å². The van der Waals surface area contributed by atoms with Crippen molar-refractivity contribution in [2.45, 2.75) is 29.4 Å². The van der Waals surface area contributed by atoms with Gasteiger partial charge in [-0.3, -0.25) is 14.9 Å². The fourth-order valence-corrected chi connectivity index (χ4v) is 5.70. The molecule has 0 saturated carbocycles. The summed E-state index contributed by atoms with van der Waals surface area (Å²) in [6, 6.07) is 12.9. The fourth-order valence-electron chi connectivity index (χ4n) is 3.74. The number of rotatable bonds is 8. The Labute approximate surface area is 200 Å². The van der Waals surface area contributed by atoms with Crippen LogP contribution in [0.4, 0.5) is 0 Å². The van der Waals surface area contributed by atoms with Gasteiger partial charge in [0.1, 0.15) is 17.2 Å². The van der Waals surface area contributed by atoms with Crippen molar-refractivity contribution >= 4 is 28.2 Å². The Hall–Kier alpha value is -2.77. The molecule has 178 valence electrons. The van der Waals surface area contributed by atoms with Gasteiger partial charge in [0.2, 0.25) is 0 Å². The Kier molecular flexibility index (Phi) is 9.14. The molecule has 0 unspecified atom stereocenters. The lowest BCUT2D eigenvalue weighted by atomic mass is 9.95. The number of halogens is 1. The third kappa shape index (κ3) is 5.60. The van der Waals surface area contributed by atoms with Crippen LogP contribution in [0, 0.1) is 12.3 Å². The minimum Gasteiger partial charge on any atom is -0.494 e. The first-order valence-electron chi connectivity index (χ1n) is 10.2. The van der Waals surface area contributed by atoms with Crippen LogP contribution in [0.1, 0.15) is 19.8 Å². The second-order valence-electron chi connectivity index (χ2n) is 7.40. The molecule has 1 amide bonds. The second kappa shape index (κ2) is 11.4. The Balaban J connectivity index is 0.00000385. The number of piperidine rings is 1. The van der Waals surface area contributed by atoms with Crippen LogP contribution in [-0.2, 0) is 14.6 Å². The quantitative estimate of drug-likeness (QED) is 0.330. The van der Waals surface area contributed by atoms with Gasteiger partial charge in [-0.25, -0.2) is 13.9 Å². The number of ether oxygens (including phenoxy) is 2. The summed E-state index contributed by atoms with van der Waals surface area (Å²) in [4.78, 5) is 14.4. The van der Waals surface area contributed by atoms with Crippen molar-refractivity contribution in [3.05, 3.63) is 48.5 Å². The number of carbonyl (C=O) groups excluding carboxylic acids is 1. The molecule has 0 radical (unpaired) electrons. The molecule has 8 nitrogen and oxygen atoms in total. The van der Waals surface area contributed by atoms with E-state index in [1.54, 1.807) is 29.7 Å². The van der Waals surface area contributed by atoms with Crippen molar-refractivity contribution in [3.63, 3.8) is 0 Å². The van der Waals surface area contributed by atoms with Crippen molar-refractivity contribution in [2.75, 3.05) is 26.2 Å². The van der Waals surface area contributed by atoms with E-state index in [4.69, 9.17) is 15.9 Å². The van der Waals surface area contributed by atoms with E-state index >= 15 is 0 Å². The average Bonchev–Trinajstić information content (AvgIpc) is 2.81. The molecule has 1 aliphatic rings. The zero-order valence-corrected chi connectivity index (χ0v) is 19.8. The van der Waals surface area contributed by atoms with Gasteiger partial charge in [-0.2, -0.15) is 0 Å². The summed E-state index contributed by atoms with van der Waals surface area (Å²) < 4.78 is 36.3. The van der Waals surface area contributed by atoms with E-state index in [2.05, 4.69) is 5.92 Å². The fraction of sp³-hybridized carbons (Fsp3) is 0.348. The largest absolute Gasteiger partial charge is 0.494 e. The first-order valence-corrected chi connectivity index (χ1v) is 11.7. The van der Waals surface area contributed by atoms with Gasteiger partial charge in [-0.1, -0.05) is 5.92 Å². The van der Waals surface area contributed by atoms with Crippen LogP contribution in [-0.4, -0.2) is 55.4 Å². The Morgan fingerprint density at radius 1 is 1.09 bits per heavy atom. The summed E-state index contributed by atoms with van der Waals surface area (Å²) in [5, 5.41) is 9.25. The molecule has 1 fully saturated rings. The molecule has 3 rings (SSSR count). The number of terminal acetylenes is 1. The molecule has 1 heterocycles. The van der Waals surface area contributed by atoms with Gasteiger partial charge in [0.15, 0.2) is 14.6 Å². The molecule has 1 aliphatic heterocycles. The number of nitrogens with one attached hydrogen (secondary N) is 1. The zero-order chi connectivity index (χ0) is 23.2. The van der Waals surface area contributed by atoms with Crippen molar-refractivity contribution in [2.24, 2.45) is 0 Å². The third-order valence-electron chi connectivity index (χ3n) is 5.51. The standard InChI is InChI=1S/C23H26N2O6S.ClH/c1-3-15-25-16-13-23(14-17-25,22(26)24-27)32(28,29)21-11-9-20(10-12-21)31-19-7-5-18(6-8-19)30-4-2;/h1,5-12,27H,4,13-17H2,2H3,(H,24,26);1H. The lowest BCUT2D eigenvalue weighted by Gasteiger charge is -2.38. The number of hydrogen-bond acceptors (Lipinski definition) is 7. The highest BCUT2D eigenvalue weighted by atomic mass is 35.5. The maximum absolute atomic E-state index is 13.5. The molecule has 33 heavy (non-hydrogen) atoms. The number of sulfone groups is 1. The summed E-state index contributed by atoms with van der Waals surface area (Å²) in [6.07, 6.45) is 5.38. The SMILES string of the molecule is C#CCN1CCC(C(=O)NO)(S(=O)(=O)c2ccc(Oc3ccc(OCC)cc3)cc2)CC1.Cl. The maximum Gasteiger partial charge on any atom is 0.265 e. The van der Waals surface area contributed by atoms with Crippen LogP contribution < -0.4 is 15.0 Å². The van der Waals surface area contributed by atoms with E-state index in [-0.39, 0.29) is 30.1 Å². The minimum atomic E-state index is -4.10. The predicted molar refractivity (Wildman–Crippen MR) is 126 cm³/mol. The third-order valence-corrected chi connectivity index (χ3v) is 8.03. The molecule has 0 aromatic heterocycles. The number of benzene rings is 2. The van der Waals surface area contributed by atoms with Gasteiger partial charge in [-0.05, 0) is 68.3 Å². The Morgan fingerprint density at radius 2 is 1.61 bits per heavy atom. The first-order chi connectivity index (χ1) is 15.4. The summed E-state index contributed by atoms with van der Waals surface area (Å²) in [5.41, 5.74) is 1.54. The van der Waals surface area contributed by atoms with E-state index in [0.717, 1.165) is 5.75 Å². The average molecular weight is 495 g/mol. The lowest BCUT2D eigenvalue weighted by molar-refractivity contribution is -0.133. The maximum atomic E-state index is 13.5. The van der Waals surface area contributed by atoms with E-state index < -0.39 is 20.5 Å². The van der Waals surface area contributed by atoms with E-state index in [1.807, 2.05) is 11.8 Å². The molecule has 1 saturated heterocycles. The van der Waals surface area contributed by atoms with Gasteiger partial charge in [0.25, 0.3) is 5.91 Å². The molecule has 2 aromatic rings. The number of hydrogen-bond donors (Lipinski definition) is 2. The molecule has 0 atom stereocenters. The Morgan fingerprint density at radius 3 is 2.09 bits per heavy atom. The van der Waals surface area contributed by atoms with Crippen LogP contribution in [0.5, 0.6) is 17.2 Å². The van der Waals surface area contributed by atoms with Crippen LogP contribution in [0.15, 0.2) is 53.4 Å². The first kappa shape index (κ1) is 26.5. The van der Waals surface area contributed by atoms with Crippen molar-refractivity contribution in [1.29, 1.82) is 0 Å². The summed E-state index contributed by atoms with van der Waals surface area (Å²) >= 11 is 0. The number of likely N-dealkylation sites (tertiary alicyclic amines) is 1. The highest BCUT2D eigenvalue weighted by Gasteiger charge is 2.52. The molecule has 10 heteroatoms. The Bertz CT molecular complexity index is 1070. The van der Waals surface area contributed by atoms with Gasteiger partial charge in [0.05, 0.1) is 18.0 Å². The highest BCUT2D eigenvalue weighted by molar-refractivity contribution is 7.93. The number of hydroxylamine groups is 1. The van der Waals surface area contributed by atoms with Crippen LogP contribution in [0.2, 0.25) is 0 Å². The molecular formula is C23H27ClN2O6S. The van der Waals surface area contributed by atoms with Crippen LogP contribution in [0.25, 0.3) is 0 Å². The van der Waals surface area contributed by atoms with Gasteiger partial charge in [-0.15, -0.1) is 18.8 Å². The molecule has 0 spiro atoms. The van der Waals surface area contributed by atoms with Gasteiger partial charge in [0, 0.05) is 13.1 Å². The van der Waals surface area contributed by atoms with E-state index in [0.29, 0.717) is 37.7 Å². The van der Waals surface area contributed by atoms with Crippen LogP contribution in [0.3, 0.4) is 0 Å². The topological polar surface area (TPSA) is 105 Å². The predicted octanol–water partition coefficient (Wildman–Crippen LogP) is 3.05. The lowest BCUT2D eigenvalue weighted by Crippen LogP contribution is -2.57. The summed E-state index contributed by atoms with van der Waals surface area (Å²) in [5.74, 6) is 3.32. The number of carbonyl (C=O) groups is 1. The van der Waals surface area contributed by atoms with Gasteiger partial charge < -0.3 is 9.47 Å². The highest BCUT2D eigenvalue weighted by Crippen LogP contribution is 2.36. The molecule has 2 aromatic carbocycles. The van der Waals surface area contributed by atoms with Crippen molar-refractivity contribution in [3.8, 4) is 29.6 Å². The molecule has 0 bridgehead atoms. The second-order valence-corrected chi connectivity index (χ2v) is 9.66. The van der Waals surface area contributed by atoms with Gasteiger partial charge >= 0.3 is 0 Å².